The number of hydrogen-bond donors (Lipinski definition) is 1. The van der Waals surface area contributed by atoms with Crippen LogP contribution in [0.4, 0.5) is 0 Å². The molecule has 0 aliphatic rings. The topological polar surface area (TPSA) is 67.8 Å². The Morgan fingerprint density at radius 2 is 2.00 bits per heavy atom. The zero-order valence-electron chi connectivity index (χ0n) is 10.7. The maximum atomic E-state index is 12.0. The van der Waals surface area contributed by atoms with Crippen molar-refractivity contribution in [2.45, 2.75) is 6.54 Å². The molecule has 0 fully saturated rings. The van der Waals surface area contributed by atoms with Crippen molar-refractivity contribution in [3.63, 3.8) is 0 Å². The van der Waals surface area contributed by atoms with E-state index in [2.05, 4.69) is 20.5 Å². The van der Waals surface area contributed by atoms with Gasteiger partial charge in [0.1, 0.15) is 0 Å². The molecule has 5 nitrogen and oxygen atoms in total. The van der Waals surface area contributed by atoms with Gasteiger partial charge in [-0.25, -0.2) is 0 Å². The van der Waals surface area contributed by atoms with Crippen LogP contribution in [0.2, 0.25) is 0 Å². The minimum absolute atomic E-state index is 0.243. The molecule has 0 radical (unpaired) electrons. The number of pyridine rings is 1. The Morgan fingerprint density at radius 1 is 1.10 bits per heavy atom. The van der Waals surface area contributed by atoms with E-state index in [-0.39, 0.29) is 5.91 Å². The third-order valence-corrected chi connectivity index (χ3v) is 2.90. The minimum Gasteiger partial charge on any atom is -0.347 e. The standard InChI is InChI=1S/C15H12N4O/c20-15(17-10-11-4-3-7-16-9-11)14-8-12-5-1-2-6-13(12)18-19-14/h1-9H,10H2,(H,17,20). The normalized spacial score (nSPS) is 10.4. The molecular formula is C15H12N4O. The molecule has 2 aromatic heterocycles. The van der Waals surface area contributed by atoms with Crippen LogP contribution in [0.5, 0.6) is 0 Å². The number of aromatic nitrogens is 3. The molecule has 0 saturated heterocycles. The van der Waals surface area contributed by atoms with Crippen LogP contribution in [-0.4, -0.2) is 21.1 Å². The molecule has 3 aromatic rings. The second-order valence-corrected chi connectivity index (χ2v) is 4.33. The number of amides is 1. The summed E-state index contributed by atoms with van der Waals surface area (Å²) >= 11 is 0. The largest absolute Gasteiger partial charge is 0.347 e. The first-order valence-corrected chi connectivity index (χ1v) is 6.22. The lowest BCUT2D eigenvalue weighted by Crippen LogP contribution is -2.24. The summed E-state index contributed by atoms with van der Waals surface area (Å²) in [6.45, 7) is 0.418. The van der Waals surface area contributed by atoms with Gasteiger partial charge in [0.2, 0.25) is 0 Å². The number of carbonyl (C=O) groups excluding carboxylic acids is 1. The molecule has 0 spiro atoms. The Balaban J connectivity index is 1.75. The highest BCUT2D eigenvalue weighted by atomic mass is 16.1. The number of rotatable bonds is 3. The van der Waals surface area contributed by atoms with Crippen molar-refractivity contribution in [3.05, 3.63) is 66.1 Å². The Morgan fingerprint density at radius 3 is 2.85 bits per heavy atom. The summed E-state index contributed by atoms with van der Waals surface area (Å²) in [6, 6.07) is 13.0. The van der Waals surface area contributed by atoms with Gasteiger partial charge in [-0.15, -0.1) is 10.2 Å². The third-order valence-electron chi connectivity index (χ3n) is 2.90. The minimum atomic E-state index is -0.243. The molecule has 20 heavy (non-hydrogen) atoms. The maximum absolute atomic E-state index is 12.0. The molecule has 0 aliphatic carbocycles. The molecular weight excluding hydrogens is 252 g/mol. The molecule has 0 atom stereocenters. The summed E-state index contributed by atoms with van der Waals surface area (Å²) in [6.07, 6.45) is 3.41. The smallest absolute Gasteiger partial charge is 0.272 e. The van der Waals surface area contributed by atoms with E-state index in [4.69, 9.17) is 0 Å². The Kier molecular flexibility index (Phi) is 3.33. The third kappa shape index (κ3) is 2.61. The fourth-order valence-corrected chi connectivity index (χ4v) is 1.87. The number of nitrogens with zero attached hydrogens (tertiary/aromatic N) is 3. The van der Waals surface area contributed by atoms with E-state index in [0.29, 0.717) is 12.2 Å². The number of nitrogens with one attached hydrogen (secondary N) is 1. The van der Waals surface area contributed by atoms with Crippen molar-refractivity contribution in [3.8, 4) is 0 Å². The summed E-state index contributed by atoms with van der Waals surface area (Å²) in [5.41, 5.74) is 2.03. The fourth-order valence-electron chi connectivity index (χ4n) is 1.87. The molecule has 0 bridgehead atoms. The Bertz CT molecular complexity index is 743. The predicted molar refractivity (Wildman–Crippen MR) is 74.9 cm³/mol. The SMILES string of the molecule is O=C(NCc1cccnc1)c1cc2ccccc2nn1. The molecule has 5 heteroatoms. The second kappa shape index (κ2) is 5.44. The van der Waals surface area contributed by atoms with Gasteiger partial charge in [-0.3, -0.25) is 9.78 Å². The second-order valence-electron chi connectivity index (χ2n) is 4.33. The molecule has 3 rings (SSSR count). The number of carbonyl (C=O) groups is 1. The highest BCUT2D eigenvalue weighted by molar-refractivity contribution is 5.95. The first kappa shape index (κ1) is 12.2. The van der Waals surface area contributed by atoms with Crippen molar-refractivity contribution in [1.82, 2.24) is 20.5 Å². The number of benzene rings is 1. The Labute approximate surface area is 115 Å². The molecule has 0 unspecified atom stereocenters. The number of fused-ring (bicyclic) bond motifs is 1. The van der Waals surface area contributed by atoms with Crippen LogP contribution in [-0.2, 0) is 6.54 Å². The van der Waals surface area contributed by atoms with Gasteiger partial charge in [-0.1, -0.05) is 24.3 Å². The van der Waals surface area contributed by atoms with Gasteiger partial charge in [0.05, 0.1) is 5.52 Å². The summed E-state index contributed by atoms with van der Waals surface area (Å²) in [4.78, 5) is 16.0. The zero-order valence-corrected chi connectivity index (χ0v) is 10.7. The van der Waals surface area contributed by atoms with E-state index in [0.717, 1.165) is 16.5 Å². The van der Waals surface area contributed by atoms with Crippen LogP contribution in [0.1, 0.15) is 16.1 Å². The molecule has 1 N–H and O–H groups in total. The molecule has 1 amide bonds. The van der Waals surface area contributed by atoms with Crippen molar-refractivity contribution >= 4 is 16.8 Å². The van der Waals surface area contributed by atoms with Gasteiger partial charge in [-0.05, 0) is 23.8 Å². The maximum Gasteiger partial charge on any atom is 0.272 e. The number of hydrogen-bond acceptors (Lipinski definition) is 4. The molecule has 0 aliphatic heterocycles. The van der Waals surface area contributed by atoms with Gasteiger partial charge in [-0.2, -0.15) is 0 Å². The summed E-state index contributed by atoms with van der Waals surface area (Å²) in [7, 11) is 0. The molecule has 98 valence electrons. The zero-order chi connectivity index (χ0) is 13.8. The van der Waals surface area contributed by atoms with Gasteiger partial charge in [0, 0.05) is 24.3 Å². The summed E-state index contributed by atoms with van der Waals surface area (Å²) in [5.74, 6) is -0.243. The van der Waals surface area contributed by atoms with Gasteiger partial charge >= 0.3 is 0 Å². The lowest BCUT2D eigenvalue weighted by molar-refractivity contribution is 0.0945. The van der Waals surface area contributed by atoms with Crippen LogP contribution in [0, 0.1) is 0 Å². The van der Waals surface area contributed by atoms with E-state index in [9.17, 15) is 4.79 Å². The quantitative estimate of drug-likeness (QED) is 0.785. The average molecular weight is 264 g/mol. The fraction of sp³-hybridized carbons (Fsp3) is 0.0667. The monoisotopic (exact) mass is 264 g/mol. The lowest BCUT2D eigenvalue weighted by Gasteiger charge is -2.04. The van der Waals surface area contributed by atoms with Crippen LogP contribution in [0.15, 0.2) is 54.9 Å². The van der Waals surface area contributed by atoms with Crippen LogP contribution < -0.4 is 5.32 Å². The summed E-state index contributed by atoms with van der Waals surface area (Å²) in [5, 5.41) is 11.7. The first-order chi connectivity index (χ1) is 9.83. The predicted octanol–water partition coefficient (Wildman–Crippen LogP) is 1.95. The van der Waals surface area contributed by atoms with Crippen molar-refractivity contribution in [2.75, 3.05) is 0 Å². The molecule has 1 aromatic carbocycles. The molecule has 0 saturated carbocycles. The summed E-state index contributed by atoms with van der Waals surface area (Å²) < 4.78 is 0. The van der Waals surface area contributed by atoms with Gasteiger partial charge in [0.25, 0.3) is 5.91 Å². The van der Waals surface area contributed by atoms with E-state index < -0.39 is 0 Å². The lowest BCUT2D eigenvalue weighted by atomic mass is 10.2. The van der Waals surface area contributed by atoms with Crippen LogP contribution in [0.25, 0.3) is 10.9 Å². The van der Waals surface area contributed by atoms with E-state index >= 15 is 0 Å². The van der Waals surface area contributed by atoms with Crippen LogP contribution >= 0.6 is 0 Å². The van der Waals surface area contributed by atoms with Crippen molar-refractivity contribution in [1.29, 1.82) is 0 Å². The van der Waals surface area contributed by atoms with E-state index in [1.807, 2.05) is 36.4 Å². The van der Waals surface area contributed by atoms with Crippen LogP contribution in [0.3, 0.4) is 0 Å². The van der Waals surface area contributed by atoms with Gasteiger partial charge < -0.3 is 5.32 Å². The highest BCUT2D eigenvalue weighted by Gasteiger charge is 2.08. The highest BCUT2D eigenvalue weighted by Crippen LogP contribution is 2.10. The van der Waals surface area contributed by atoms with E-state index in [1.54, 1.807) is 18.5 Å². The van der Waals surface area contributed by atoms with Crippen molar-refractivity contribution in [2.24, 2.45) is 0 Å². The Hall–Kier alpha value is -2.82. The van der Waals surface area contributed by atoms with Crippen molar-refractivity contribution < 1.29 is 4.79 Å². The molecule has 2 heterocycles. The van der Waals surface area contributed by atoms with Gasteiger partial charge in [0.15, 0.2) is 5.69 Å². The average Bonchev–Trinajstić information content (AvgIpc) is 2.53. The van der Waals surface area contributed by atoms with E-state index in [1.165, 1.54) is 0 Å². The first-order valence-electron chi connectivity index (χ1n) is 6.22.